The molecule has 2 nitrogen and oxygen atoms in total. The number of hydrogen-bond donors (Lipinski definition) is 0. The number of alkyl halides is 3. The quantitative estimate of drug-likeness (QED) is 0.734. The molecule has 0 saturated carbocycles. The van der Waals surface area contributed by atoms with Crippen molar-refractivity contribution in [2.45, 2.75) is 58.2 Å². The Morgan fingerprint density at radius 1 is 1.35 bits per heavy atom. The lowest BCUT2D eigenvalue weighted by atomic mass is 9.86. The maximum Gasteiger partial charge on any atom is 0.435 e. The van der Waals surface area contributed by atoms with Crippen LogP contribution < -0.4 is 0 Å². The molecule has 0 amide bonds. The van der Waals surface area contributed by atoms with Gasteiger partial charge in [0, 0.05) is 17.3 Å². The van der Waals surface area contributed by atoms with Gasteiger partial charge in [-0.2, -0.15) is 18.3 Å². The second-order valence-electron chi connectivity index (χ2n) is 5.04. The van der Waals surface area contributed by atoms with Crippen molar-refractivity contribution >= 4 is 0 Å². The molecule has 0 saturated heterocycles. The largest absolute Gasteiger partial charge is 0.435 e. The van der Waals surface area contributed by atoms with Gasteiger partial charge in [-0.05, 0) is 39.0 Å². The van der Waals surface area contributed by atoms with Gasteiger partial charge in [-0.3, -0.25) is 4.68 Å². The molecule has 0 N–H and O–H groups in total. The third-order valence-electron chi connectivity index (χ3n) is 3.35. The fourth-order valence-electron chi connectivity index (χ4n) is 2.61. The van der Waals surface area contributed by atoms with Crippen LogP contribution >= 0.6 is 0 Å². The Morgan fingerprint density at radius 2 is 2.00 bits per heavy atom. The molecule has 5 heteroatoms. The second-order valence-corrected chi connectivity index (χ2v) is 5.04. The van der Waals surface area contributed by atoms with E-state index in [1.807, 2.05) is 20.8 Å². The van der Waals surface area contributed by atoms with E-state index in [-0.39, 0.29) is 12.0 Å². The van der Waals surface area contributed by atoms with Gasteiger partial charge in [-0.25, -0.2) is 0 Å². The third-order valence-corrected chi connectivity index (χ3v) is 3.35. The van der Waals surface area contributed by atoms with E-state index in [0.717, 1.165) is 18.5 Å². The van der Waals surface area contributed by atoms with Crippen LogP contribution in [-0.2, 0) is 12.6 Å². The van der Waals surface area contributed by atoms with Crippen molar-refractivity contribution in [3.05, 3.63) is 17.0 Å². The van der Waals surface area contributed by atoms with Gasteiger partial charge in [0.25, 0.3) is 0 Å². The lowest BCUT2D eigenvalue weighted by Crippen LogP contribution is -2.14. The van der Waals surface area contributed by atoms with Crippen molar-refractivity contribution in [2.24, 2.45) is 0 Å². The number of halogens is 3. The van der Waals surface area contributed by atoms with Gasteiger partial charge in [-0.15, -0.1) is 0 Å². The molecule has 1 aromatic heterocycles. The Morgan fingerprint density at radius 3 is 2.53 bits per heavy atom. The van der Waals surface area contributed by atoms with Crippen molar-refractivity contribution in [3.8, 4) is 0 Å². The average molecular weight is 246 g/mol. The minimum absolute atomic E-state index is 0.0230. The summed E-state index contributed by atoms with van der Waals surface area (Å²) in [6, 6.07) is -0.0230. The zero-order valence-corrected chi connectivity index (χ0v) is 10.3. The molecule has 1 aromatic rings. The summed E-state index contributed by atoms with van der Waals surface area (Å²) in [6.45, 7) is 5.60. The fraction of sp³-hybridized carbons (Fsp3) is 0.750. The van der Waals surface area contributed by atoms with E-state index in [1.54, 1.807) is 4.68 Å². The van der Waals surface area contributed by atoms with E-state index < -0.39 is 11.9 Å². The smallest absolute Gasteiger partial charge is 0.266 e. The van der Waals surface area contributed by atoms with E-state index in [0.29, 0.717) is 12.0 Å². The maximum absolute atomic E-state index is 13.0. The number of fused-ring (bicyclic) bond motifs is 1. The van der Waals surface area contributed by atoms with Crippen LogP contribution in [0.2, 0.25) is 0 Å². The van der Waals surface area contributed by atoms with Crippen molar-refractivity contribution in [1.29, 1.82) is 0 Å². The van der Waals surface area contributed by atoms with Crippen LogP contribution in [0.4, 0.5) is 13.2 Å². The number of aromatic nitrogens is 2. The molecule has 0 radical (unpaired) electrons. The Bertz CT molecular complexity index is 418. The minimum Gasteiger partial charge on any atom is -0.266 e. The Balaban J connectivity index is 2.61. The molecule has 0 aliphatic heterocycles. The van der Waals surface area contributed by atoms with Gasteiger partial charge in [-0.1, -0.05) is 6.92 Å². The van der Waals surface area contributed by atoms with Crippen molar-refractivity contribution in [1.82, 2.24) is 9.78 Å². The Hall–Kier alpha value is -1.00. The molecule has 1 atom stereocenters. The highest BCUT2D eigenvalue weighted by Crippen LogP contribution is 2.41. The van der Waals surface area contributed by atoms with Crippen molar-refractivity contribution in [2.75, 3.05) is 0 Å². The van der Waals surface area contributed by atoms with Gasteiger partial charge in [0.1, 0.15) is 0 Å². The molecule has 0 aromatic carbocycles. The standard InChI is InChI=1S/C12H17F3N2/c1-7(2)17-9-6-4-5-8(3)10(9)11(16-17)12(13,14)15/h7-8H,4-6H2,1-3H3. The predicted molar refractivity (Wildman–Crippen MR) is 59.0 cm³/mol. The normalized spacial score (nSPS) is 20.8. The first-order valence-corrected chi connectivity index (χ1v) is 6.00. The van der Waals surface area contributed by atoms with Gasteiger partial charge in [0.05, 0.1) is 0 Å². The highest BCUT2D eigenvalue weighted by Gasteiger charge is 2.41. The summed E-state index contributed by atoms with van der Waals surface area (Å²) in [4.78, 5) is 0. The van der Waals surface area contributed by atoms with Crippen molar-refractivity contribution in [3.63, 3.8) is 0 Å². The Kier molecular flexibility index (Phi) is 2.96. The van der Waals surface area contributed by atoms with Gasteiger partial charge < -0.3 is 0 Å². The monoisotopic (exact) mass is 246 g/mol. The summed E-state index contributed by atoms with van der Waals surface area (Å²) in [5.41, 5.74) is 0.539. The van der Waals surface area contributed by atoms with Gasteiger partial charge in [0.2, 0.25) is 0 Å². The molecular weight excluding hydrogens is 229 g/mol. The molecule has 1 aliphatic rings. The van der Waals surface area contributed by atoms with Crippen LogP contribution in [0.3, 0.4) is 0 Å². The van der Waals surface area contributed by atoms with Crippen LogP contribution in [0.15, 0.2) is 0 Å². The zero-order chi connectivity index (χ0) is 12.8. The molecule has 0 spiro atoms. The molecule has 1 unspecified atom stereocenters. The van der Waals surface area contributed by atoms with Crippen LogP contribution in [0.1, 0.15) is 62.5 Å². The van der Waals surface area contributed by atoms with Gasteiger partial charge in [0.15, 0.2) is 5.69 Å². The first kappa shape index (κ1) is 12.5. The molecule has 0 fully saturated rings. The highest BCUT2D eigenvalue weighted by atomic mass is 19.4. The van der Waals surface area contributed by atoms with E-state index >= 15 is 0 Å². The first-order chi connectivity index (χ1) is 7.82. The van der Waals surface area contributed by atoms with E-state index in [4.69, 9.17) is 0 Å². The lowest BCUT2D eigenvalue weighted by molar-refractivity contribution is -0.142. The highest BCUT2D eigenvalue weighted by molar-refractivity contribution is 5.34. The number of hydrogen-bond acceptors (Lipinski definition) is 1. The van der Waals surface area contributed by atoms with E-state index in [9.17, 15) is 13.2 Å². The van der Waals surface area contributed by atoms with Crippen LogP contribution in [0.5, 0.6) is 0 Å². The third kappa shape index (κ3) is 2.07. The predicted octanol–water partition coefficient (Wildman–Crippen LogP) is 3.92. The van der Waals surface area contributed by atoms with E-state index in [2.05, 4.69) is 5.10 Å². The number of nitrogens with zero attached hydrogens (tertiary/aromatic N) is 2. The molecule has 17 heavy (non-hydrogen) atoms. The minimum atomic E-state index is -4.34. The zero-order valence-electron chi connectivity index (χ0n) is 10.3. The molecular formula is C12H17F3N2. The summed E-state index contributed by atoms with van der Waals surface area (Å²) < 4.78 is 40.4. The van der Waals surface area contributed by atoms with Crippen LogP contribution in [0.25, 0.3) is 0 Å². The molecule has 2 rings (SSSR count). The van der Waals surface area contributed by atoms with Gasteiger partial charge >= 0.3 is 6.18 Å². The fourth-order valence-corrected chi connectivity index (χ4v) is 2.61. The topological polar surface area (TPSA) is 17.8 Å². The molecule has 0 bridgehead atoms. The summed E-state index contributed by atoms with van der Waals surface area (Å²) in [5, 5.41) is 3.80. The Labute approximate surface area is 98.8 Å². The summed E-state index contributed by atoms with van der Waals surface area (Å²) in [7, 11) is 0. The van der Waals surface area contributed by atoms with Crippen LogP contribution in [-0.4, -0.2) is 9.78 Å². The summed E-state index contributed by atoms with van der Waals surface area (Å²) >= 11 is 0. The lowest BCUT2D eigenvalue weighted by Gasteiger charge is -2.21. The summed E-state index contributed by atoms with van der Waals surface area (Å²) in [5.74, 6) is -0.0390. The first-order valence-electron chi connectivity index (χ1n) is 6.00. The maximum atomic E-state index is 13.0. The van der Waals surface area contributed by atoms with Crippen LogP contribution in [0, 0.1) is 0 Å². The SMILES string of the molecule is CC1CCCc2c1c(C(F)(F)F)nn2C(C)C. The second kappa shape index (κ2) is 4.03. The molecule has 1 aliphatic carbocycles. The molecule has 96 valence electrons. The summed E-state index contributed by atoms with van der Waals surface area (Å²) in [6.07, 6.45) is -1.86. The molecule has 1 heterocycles. The average Bonchev–Trinajstić information content (AvgIpc) is 2.57. The van der Waals surface area contributed by atoms with E-state index in [1.165, 1.54) is 0 Å². The van der Waals surface area contributed by atoms with Crippen molar-refractivity contribution < 1.29 is 13.2 Å². The number of rotatable bonds is 1.